The first kappa shape index (κ1) is 14.8. The second-order valence-electron chi connectivity index (χ2n) is 4.64. The van der Waals surface area contributed by atoms with E-state index in [1.54, 1.807) is 44.4 Å². The molecule has 0 bridgehead atoms. The number of methoxy groups -OCH3 is 1. The van der Waals surface area contributed by atoms with Crippen LogP contribution in [0.15, 0.2) is 36.4 Å². The lowest BCUT2D eigenvalue weighted by Gasteiger charge is -2.12. The van der Waals surface area contributed by atoms with Gasteiger partial charge in [0.05, 0.1) is 7.11 Å². The fourth-order valence-electron chi connectivity index (χ4n) is 1.93. The van der Waals surface area contributed by atoms with Crippen LogP contribution in [0.3, 0.4) is 0 Å². The van der Waals surface area contributed by atoms with Crippen LogP contribution >= 0.6 is 0 Å². The Morgan fingerprint density at radius 1 is 1.24 bits per heavy atom. The predicted octanol–water partition coefficient (Wildman–Crippen LogP) is 3.01. The van der Waals surface area contributed by atoms with Crippen LogP contribution in [-0.4, -0.2) is 12.9 Å². The van der Waals surface area contributed by atoms with Gasteiger partial charge in [-0.25, -0.2) is 4.39 Å². The first-order chi connectivity index (χ1) is 10.0. The van der Waals surface area contributed by atoms with Crippen molar-refractivity contribution in [1.29, 1.82) is 5.41 Å². The summed E-state index contributed by atoms with van der Waals surface area (Å²) in [6.45, 7) is 1.93. The minimum absolute atomic E-state index is 0.0171. The van der Waals surface area contributed by atoms with Gasteiger partial charge in [0, 0.05) is 11.1 Å². The van der Waals surface area contributed by atoms with E-state index >= 15 is 0 Å². The summed E-state index contributed by atoms with van der Waals surface area (Å²) in [7, 11) is 1.56. The van der Waals surface area contributed by atoms with Crippen LogP contribution in [0.1, 0.15) is 16.7 Å². The van der Waals surface area contributed by atoms with Gasteiger partial charge < -0.3 is 15.2 Å². The van der Waals surface area contributed by atoms with Crippen LogP contribution in [-0.2, 0) is 6.61 Å². The second-order valence-corrected chi connectivity index (χ2v) is 4.64. The van der Waals surface area contributed by atoms with Crippen molar-refractivity contribution >= 4 is 5.84 Å². The summed E-state index contributed by atoms with van der Waals surface area (Å²) >= 11 is 0. The van der Waals surface area contributed by atoms with E-state index in [1.807, 2.05) is 0 Å². The van der Waals surface area contributed by atoms with Gasteiger partial charge in [0.2, 0.25) is 0 Å². The molecule has 0 atom stereocenters. The quantitative estimate of drug-likeness (QED) is 0.656. The van der Waals surface area contributed by atoms with E-state index in [1.165, 1.54) is 6.07 Å². The smallest absolute Gasteiger partial charge is 0.126 e. The van der Waals surface area contributed by atoms with Crippen LogP contribution in [0.5, 0.6) is 11.5 Å². The summed E-state index contributed by atoms with van der Waals surface area (Å²) in [5.74, 6) is 0.943. The molecule has 0 aliphatic heterocycles. The van der Waals surface area contributed by atoms with E-state index < -0.39 is 0 Å². The summed E-state index contributed by atoms with van der Waals surface area (Å²) in [5, 5.41) is 7.46. The van der Waals surface area contributed by atoms with Crippen LogP contribution < -0.4 is 15.2 Å². The van der Waals surface area contributed by atoms with Crippen molar-refractivity contribution in [1.82, 2.24) is 0 Å². The minimum atomic E-state index is -0.265. The molecule has 3 N–H and O–H groups in total. The third-order valence-corrected chi connectivity index (χ3v) is 3.12. The SMILES string of the molecule is COc1ccc(C(=N)N)cc1COc1ccc(F)c(C)c1. The molecule has 21 heavy (non-hydrogen) atoms. The van der Waals surface area contributed by atoms with Crippen molar-refractivity contribution in [2.24, 2.45) is 5.73 Å². The largest absolute Gasteiger partial charge is 0.496 e. The molecule has 0 amide bonds. The molecular formula is C16H17FN2O2. The third kappa shape index (κ3) is 3.51. The fraction of sp³-hybridized carbons (Fsp3) is 0.188. The Kier molecular flexibility index (Phi) is 4.42. The lowest BCUT2D eigenvalue weighted by Crippen LogP contribution is -2.12. The minimum Gasteiger partial charge on any atom is -0.496 e. The molecule has 0 saturated heterocycles. The number of halogens is 1. The van der Waals surface area contributed by atoms with E-state index in [9.17, 15) is 4.39 Å². The van der Waals surface area contributed by atoms with Crippen LogP contribution in [0.25, 0.3) is 0 Å². The van der Waals surface area contributed by atoms with Gasteiger partial charge in [-0.15, -0.1) is 0 Å². The lowest BCUT2D eigenvalue weighted by atomic mass is 10.1. The summed E-state index contributed by atoms with van der Waals surface area (Å²) in [6.07, 6.45) is 0. The summed E-state index contributed by atoms with van der Waals surface area (Å²) in [5.41, 5.74) is 7.37. The Labute approximate surface area is 122 Å². The number of nitrogens with one attached hydrogen (secondary N) is 1. The molecule has 0 aliphatic carbocycles. The molecule has 5 heteroatoms. The molecule has 0 spiro atoms. The number of hydrogen-bond acceptors (Lipinski definition) is 3. The van der Waals surface area contributed by atoms with Gasteiger partial charge in [-0.1, -0.05) is 0 Å². The van der Waals surface area contributed by atoms with Crippen LogP contribution in [0, 0.1) is 18.2 Å². The molecule has 0 fully saturated rings. The molecule has 0 aliphatic rings. The van der Waals surface area contributed by atoms with Crippen molar-refractivity contribution in [3.05, 3.63) is 58.9 Å². The van der Waals surface area contributed by atoms with E-state index in [-0.39, 0.29) is 18.3 Å². The molecule has 2 aromatic carbocycles. The average molecular weight is 288 g/mol. The number of rotatable bonds is 5. The molecular weight excluding hydrogens is 271 g/mol. The molecule has 0 radical (unpaired) electrons. The Bertz CT molecular complexity index is 671. The van der Waals surface area contributed by atoms with Crippen molar-refractivity contribution < 1.29 is 13.9 Å². The number of amidine groups is 1. The average Bonchev–Trinajstić information content (AvgIpc) is 2.48. The Hall–Kier alpha value is -2.56. The van der Waals surface area contributed by atoms with Crippen molar-refractivity contribution in [2.45, 2.75) is 13.5 Å². The molecule has 4 nitrogen and oxygen atoms in total. The monoisotopic (exact) mass is 288 g/mol. The number of nitrogens with two attached hydrogens (primary N) is 1. The van der Waals surface area contributed by atoms with Crippen LogP contribution in [0.2, 0.25) is 0 Å². The standard InChI is InChI=1S/C16H17FN2O2/c1-10-7-13(4-5-14(10)17)21-9-12-8-11(16(18)19)3-6-15(12)20-2/h3-8H,9H2,1-2H3,(H3,18,19). The predicted molar refractivity (Wildman–Crippen MR) is 79.5 cm³/mol. The maximum Gasteiger partial charge on any atom is 0.126 e. The van der Waals surface area contributed by atoms with Gasteiger partial charge in [0.15, 0.2) is 0 Å². The zero-order chi connectivity index (χ0) is 15.4. The normalized spacial score (nSPS) is 10.2. The number of aryl methyl sites for hydroxylation is 1. The Morgan fingerprint density at radius 3 is 2.62 bits per heavy atom. The van der Waals surface area contributed by atoms with Gasteiger partial charge in [-0.3, -0.25) is 5.41 Å². The Morgan fingerprint density at radius 2 is 2.00 bits per heavy atom. The molecule has 2 aromatic rings. The fourth-order valence-corrected chi connectivity index (χ4v) is 1.93. The maximum atomic E-state index is 13.2. The number of hydrogen-bond donors (Lipinski definition) is 2. The van der Waals surface area contributed by atoms with E-state index in [2.05, 4.69) is 0 Å². The van der Waals surface area contributed by atoms with E-state index in [0.29, 0.717) is 22.6 Å². The second kappa shape index (κ2) is 6.26. The lowest BCUT2D eigenvalue weighted by molar-refractivity contribution is 0.296. The van der Waals surface area contributed by atoms with Crippen molar-refractivity contribution in [3.8, 4) is 11.5 Å². The maximum absolute atomic E-state index is 13.2. The zero-order valence-electron chi connectivity index (χ0n) is 11.9. The highest BCUT2D eigenvalue weighted by Crippen LogP contribution is 2.23. The molecule has 110 valence electrons. The van der Waals surface area contributed by atoms with Gasteiger partial charge >= 0.3 is 0 Å². The third-order valence-electron chi connectivity index (χ3n) is 3.12. The summed E-state index contributed by atoms with van der Waals surface area (Å²) in [4.78, 5) is 0. The highest BCUT2D eigenvalue weighted by molar-refractivity contribution is 5.95. The first-order valence-corrected chi connectivity index (χ1v) is 6.41. The highest BCUT2D eigenvalue weighted by Gasteiger charge is 2.08. The topological polar surface area (TPSA) is 68.3 Å². The highest BCUT2D eigenvalue weighted by atomic mass is 19.1. The van der Waals surface area contributed by atoms with E-state index in [0.717, 1.165) is 5.56 Å². The Balaban J connectivity index is 2.19. The molecule has 2 rings (SSSR count). The number of ether oxygens (including phenoxy) is 2. The number of benzene rings is 2. The van der Waals surface area contributed by atoms with E-state index in [4.69, 9.17) is 20.6 Å². The molecule has 0 heterocycles. The number of nitrogen functional groups attached to an aromatic ring is 1. The molecule has 0 unspecified atom stereocenters. The van der Waals surface area contributed by atoms with Gasteiger partial charge in [-0.2, -0.15) is 0 Å². The van der Waals surface area contributed by atoms with Crippen molar-refractivity contribution in [2.75, 3.05) is 7.11 Å². The molecule has 0 aromatic heterocycles. The van der Waals surface area contributed by atoms with Gasteiger partial charge in [-0.05, 0) is 48.9 Å². The summed E-state index contributed by atoms with van der Waals surface area (Å²) < 4.78 is 24.1. The van der Waals surface area contributed by atoms with Crippen LogP contribution in [0.4, 0.5) is 4.39 Å². The zero-order valence-corrected chi connectivity index (χ0v) is 11.9. The summed E-state index contributed by atoms with van der Waals surface area (Å²) in [6, 6.07) is 9.78. The van der Waals surface area contributed by atoms with Gasteiger partial charge in [0.25, 0.3) is 0 Å². The van der Waals surface area contributed by atoms with Crippen molar-refractivity contribution in [3.63, 3.8) is 0 Å². The first-order valence-electron chi connectivity index (χ1n) is 6.41. The molecule has 0 saturated carbocycles. The van der Waals surface area contributed by atoms with Gasteiger partial charge in [0.1, 0.15) is 29.8 Å².